The topological polar surface area (TPSA) is 66.4 Å². The van der Waals surface area contributed by atoms with Gasteiger partial charge in [0.05, 0.1) is 11.6 Å². The third kappa shape index (κ3) is 5.51. The molecule has 4 heteroatoms. The molecular formula is C18H27NO3. The van der Waals surface area contributed by atoms with Crippen molar-refractivity contribution in [2.45, 2.75) is 58.9 Å². The normalized spacial score (nSPS) is 13.4. The number of rotatable bonds is 9. The molecule has 1 rings (SSSR count). The molecule has 2 unspecified atom stereocenters. The van der Waals surface area contributed by atoms with Crippen LogP contribution >= 0.6 is 0 Å². The molecule has 0 aromatic heterocycles. The van der Waals surface area contributed by atoms with Crippen molar-refractivity contribution >= 4 is 11.9 Å². The molecule has 0 saturated heterocycles. The van der Waals surface area contributed by atoms with Crippen LogP contribution < -0.4 is 5.32 Å². The van der Waals surface area contributed by atoms with E-state index in [2.05, 4.69) is 19.2 Å². The molecule has 0 aliphatic carbocycles. The highest BCUT2D eigenvalue weighted by Gasteiger charge is 2.19. The molecule has 1 aromatic carbocycles. The van der Waals surface area contributed by atoms with Gasteiger partial charge in [-0.1, -0.05) is 45.2 Å². The smallest absolute Gasteiger partial charge is 0.335 e. The van der Waals surface area contributed by atoms with Gasteiger partial charge in [-0.3, -0.25) is 4.79 Å². The van der Waals surface area contributed by atoms with Crippen molar-refractivity contribution in [1.29, 1.82) is 0 Å². The van der Waals surface area contributed by atoms with Gasteiger partial charge in [0.15, 0.2) is 0 Å². The third-order valence-electron chi connectivity index (χ3n) is 3.93. The van der Waals surface area contributed by atoms with Gasteiger partial charge in [0, 0.05) is 5.92 Å². The molecule has 2 N–H and O–H groups in total. The Labute approximate surface area is 132 Å². The van der Waals surface area contributed by atoms with Gasteiger partial charge < -0.3 is 10.4 Å². The standard InChI is InChI=1S/C18H27NO3/c1-4-6-8-15(7-5-2)17(20)19-13(3)14-9-11-16(12-10-14)18(21)22/h9-13,15H,4-8H2,1-3H3,(H,19,20)(H,21,22). The number of nitrogens with one attached hydrogen (secondary N) is 1. The van der Waals surface area contributed by atoms with E-state index in [1.165, 1.54) is 0 Å². The highest BCUT2D eigenvalue weighted by atomic mass is 16.4. The lowest BCUT2D eigenvalue weighted by Crippen LogP contribution is -2.32. The van der Waals surface area contributed by atoms with Gasteiger partial charge in [0.1, 0.15) is 0 Å². The summed E-state index contributed by atoms with van der Waals surface area (Å²) in [6.07, 6.45) is 5.01. The van der Waals surface area contributed by atoms with E-state index in [4.69, 9.17) is 5.11 Å². The van der Waals surface area contributed by atoms with E-state index < -0.39 is 5.97 Å². The molecule has 4 nitrogen and oxygen atoms in total. The van der Waals surface area contributed by atoms with E-state index in [0.717, 1.165) is 37.7 Å². The molecule has 0 aliphatic heterocycles. The average Bonchev–Trinajstić information content (AvgIpc) is 2.51. The quantitative estimate of drug-likeness (QED) is 0.719. The fraction of sp³-hybridized carbons (Fsp3) is 0.556. The molecule has 0 bridgehead atoms. The first-order valence-electron chi connectivity index (χ1n) is 8.13. The maximum absolute atomic E-state index is 12.4. The van der Waals surface area contributed by atoms with E-state index in [0.29, 0.717) is 0 Å². The molecule has 0 saturated carbocycles. The molecule has 22 heavy (non-hydrogen) atoms. The van der Waals surface area contributed by atoms with Crippen molar-refractivity contribution in [3.05, 3.63) is 35.4 Å². The lowest BCUT2D eigenvalue weighted by molar-refractivity contribution is -0.126. The monoisotopic (exact) mass is 305 g/mol. The number of aromatic carboxylic acids is 1. The van der Waals surface area contributed by atoms with Crippen molar-refractivity contribution in [3.8, 4) is 0 Å². The Morgan fingerprint density at radius 1 is 1.09 bits per heavy atom. The zero-order chi connectivity index (χ0) is 16.5. The van der Waals surface area contributed by atoms with Crippen molar-refractivity contribution in [1.82, 2.24) is 5.32 Å². The van der Waals surface area contributed by atoms with Crippen molar-refractivity contribution in [2.75, 3.05) is 0 Å². The van der Waals surface area contributed by atoms with Crippen LogP contribution in [0.5, 0.6) is 0 Å². The fourth-order valence-corrected chi connectivity index (χ4v) is 2.53. The summed E-state index contributed by atoms with van der Waals surface area (Å²) in [5, 5.41) is 12.0. The number of hydrogen-bond donors (Lipinski definition) is 2. The Hall–Kier alpha value is -1.84. The van der Waals surface area contributed by atoms with E-state index >= 15 is 0 Å². The van der Waals surface area contributed by atoms with Crippen molar-refractivity contribution in [2.24, 2.45) is 5.92 Å². The van der Waals surface area contributed by atoms with Crippen LogP contribution in [-0.4, -0.2) is 17.0 Å². The summed E-state index contributed by atoms with van der Waals surface area (Å²) < 4.78 is 0. The maximum atomic E-state index is 12.4. The first kappa shape index (κ1) is 18.2. The molecule has 0 radical (unpaired) electrons. The molecule has 122 valence electrons. The minimum absolute atomic E-state index is 0.0747. The van der Waals surface area contributed by atoms with Gasteiger partial charge in [-0.25, -0.2) is 4.79 Å². The minimum Gasteiger partial charge on any atom is -0.478 e. The molecule has 0 heterocycles. The summed E-state index contributed by atoms with van der Waals surface area (Å²) in [6, 6.07) is 6.54. The van der Waals surface area contributed by atoms with Crippen LogP contribution in [0.25, 0.3) is 0 Å². The second-order valence-electron chi connectivity index (χ2n) is 5.79. The number of carboxylic acids is 1. The number of carboxylic acid groups (broad SMARTS) is 1. The lowest BCUT2D eigenvalue weighted by Gasteiger charge is -2.20. The van der Waals surface area contributed by atoms with Gasteiger partial charge in [-0.2, -0.15) is 0 Å². The summed E-state index contributed by atoms with van der Waals surface area (Å²) >= 11 is 0. The van der Waals surface area contributed by atoms with E-state index in [9.17, 15) is 9.59 Å². The highest BCUT2D eigenvalue weighted by Crippen LogP contribution is 2.19. The van der Waals surface area contributed by atoms with Crippen LogP contribution in [0.15, 0.2) is 24.3 Å². The Bertz CT molecular complexity index is 482. The predicted octanol–water partition coefficient (Wildman–Crippen LogP) is 4.17. The Morgan fingerprint density at radius 3 is 2.23 bits per heavy atom. The van der Waals surface area contributed by atoms with Crippen LogP contribution in [0.3, 0.4) is 0 Å². The van der Waals surface area contributed by atoms with Gasteiger partial charge in [0.2, 0.25) is 5.91 Å². The summed E-state index contributed by atoms with van der Waals surface area (Å²) in [7, 11) is 0. The summed E-state index contributed by atoms with van der Waals surface area (Å²) in [6.45, 7) is 6.16. The van der Waals surface area contributed by atoms with Gasteiger partial charge in [-0.15, -0.1) is 0 Å². The van der Waals surface area contributed by atoms with Gasteiger partial charge >= 0.3 is 5.97 Å². The van der Waals surface area contributed by atoms with Crippen molar-refractivity contribution < 1.29 is 14.7 Å². The summed E-state index contributed by atoms with van der Waals surface area (Å²) in [5.41, 5.74) is 1.18. The molecular weight excluding hydrogens is 278 g/mol. The van der Waals surface area contributed by atoms with Crippen LogP contribution in [0, 0.1) is 5.92 Å². The zero-order valence-corrected chi connectivity index (χ0v) is 13.8. The highest BCUT2D eigenvalue weighted by molar-refractivity contribution is 5.87. The number of hydrogen-bond acceptors (Lipinski definition) is 2. The number of carbonyl (C=O) groups is 2. The first-order chi connectivity index (χ1) is 10.5. The Balaban J connectivity index is 2.66. The maximum Gasteiger partial charge on any atom is 0.335 e. The SMILES string of the molecule is CCCCC(CCC)C(=O)NC(C)c1ccc(C(=O)O)cc1. The Kier molecular flexibility index (Phi) is 7.64. The molecule has 1 aromatic rings. The van der Waals surface area contributed by atoms with Crippen LogP contribution in [0.2, 0.25) is 0 Å². The first-order valence-corrected chi connectivity index (χ1v) is 8.13. The largest absolute Gasteiger partial charge is 0.478 e. The lowest BCUT2D eigenvalue weighted by atomic mass is 9.95. The molecule has 0 aliphatic rings. The number of amides is 1. The number of unbranched alkanes of at least 4 members (excludes halogenated alkanes) is 1. The second-order valence-corrected chi connectivity index (χ2v) is 5.79. The van der Waals surface area contributed by atoms with Gasteiger partial charge in [0.25, 0.3) is 0 Å². The van der Waals surface area contributed by atoms with E-state index in [-0.39, 0.29) is 23.4 Å². The second kappa shape index (κ2) is 9.23. The minimum atomic E-state index is -0.939. The Morgan fingerprint density at radius 2 is 1.73 bits per heavy atom. The van der Waals surface area contributed by atoms with Crippen LogP contribution in [0.4, 0.5) is 0 Å². The zero-order valence-electron chi connectivity index (χ0n) is 13.8. The van der Waals surface area contributed by atoms with E-state index in [1.807, 2.05) is 6.92 Å². The molecule has 2 atom stereocenters. The van der Waals surface area contributed by atoms with Gasteiger partial charge in [-0.05, 0) is 37.5 Å². The van der Waals surface area contributed by atoms with Crippen molar-refractivity contribution in [3.63, 3.8) is 0 Å². The van der Waals surface area contributed by atoms with Crippen LogP contribution in [0.1, 0.15) is 74.8 Å². The van der Waals surface area contributed by atoms with E-state index in [1.54, 1.807) is 24.3 Å². The molecule has 1 amide bonds. The predicted molar refractivity (Wildman–Crippen MR) is 87.9 cm³/mol. The summed E-state index contributed by atoms with van der Waals surface area (Å²) in [4.78, 5) is 23.2. The third-order valence-corrected chi connectivity index (χ3v) is 3.93. The molecule has 0 spiro atoms. The number of benzene rings is 1. The molecule has 0 fully saturated rings. The fourth-order valence-electron chi connectivity index (χ4n) is 2.53. The number of carbonyl (C=O) groups excluding carboxylic acids is 1. The summed E-state index contributed by atoms with van der Waals surface area (Å²) in [5.74, 6) is -0.762. The van der Waals surface area contributed by atoms with Crippen LogP contribution in [-0.2, 0) is 4.79 Å². The average molecular weight is 305 g/mol.